The first-order chi connectivity index (χ1) is 30.1. The van der Waals surface area contributed by atoms with E-state index < -0.39 is 11.9 Å². The predicted molar refractivity (Wildman–Crippen MR) is 227 cm³/mol. The summed E-state index contributed by atoms with van der Waals surface area (Å²) in [4.78, 5) is 81.3. The van der Waals surface area contributed by atoms with Gasteiger partial charge >= 0.3 is 0 Å². The van der Waals surface area contributed by atoms with Crippen molar-refractivity contribution in [1.82, 2.24) is 40.0 Å². The number of carbonyl (C=O) groups excluding carboxylic acids is 5. The van der Waals surface area contributed by atoms with E-state index in [0.29, 0.717) is 62.0 Å². The van der Waals surface area contributed by atoms with Crippen molar-refractivity contribution in [2.24, 2.45) is 0 Å². The fourth-order valence-electron chi connectivity index (χ4n) is 9.90. The van der Waals surface area contributed by atoms with E-state index in [1.54, 1.807) is 24.1 Å². The van der Waals surface area contributed by atoms with Gasteiger partial charge in [-0.1, -0.05) is 31.2 Å². The fraction of sp³-hybridized carbons (Fsp3) is 0.404. The van der Waals surface area contributed by atoms with Gasteiger partial charge < -0.3 is 29.2 Å². The lowest BCUT2D eigenvalue weighted by Gasteiger charge is -2.30. The maximum Gasteiger partial charge on any atom is 0.269 e. The van der Waals surface area contributed by atoms with Gasteiger partial charge in [0.2, 0.25) is 17.7 Å². The van der Waals surface area contributed by atoms with Crippen LogP contribution in [0.25, 0.3) is 33.3 Å². The third kappa shape index (κ3) is 6.97. The third-order valence-electron chi connectivity index (χ3n) is 13.4. The lowest BCUT2D eigenvalue weighted by Crippen LogP contribution is -2.52. The Balaban J connectivity index is 0.791. The summed E-state index contributed by atoms with van der Waals surface area (Å²) < 4.78 is 14.2. The molecule has 0 saturated carbocycles. The van der Waals surface area contributed by atoms with Crippen LogP contribution in [-0.4, -0.2) is 97.8 Å². The van der Waals surface area contributed by atoms with Crippen molar-refractivity contribution in [1.29, 1.82) is 0 Å². The van der Waals surface area contributed by atoms with Gasteiger partial charge in [0.1, 0.15) is 23.3 Å². The van der Waals surface area contributed by atoms with Crippen LogP contribution in [0.1, 0.15) is 102 Å². The van der Waals surface area contributed by atoms with Crippen LogP contribution >= 0.6 is 0 Å². The molecule has 5 aliphatic heterocycles. The van der Waals surface area contributed by atoms with Crippen LogP contribution in [0.4, 0.5) is 0 Å². The minimum atomic E-state index is -0.686. The van der Waals surface area contributed by atoms with E-state index in [9.17, 15) is 24.0 Å². The van der Waals surface area contributed by atoms with E-state index in [1.807, 2.05) is 41.4 Å². The molecule has 62 heavy (non-hydrogen) atoms. The first-order valence-electron chi connectivity index (χ1n) is 21.6. The molecule has 5 amide bonds. The molecule has 2 saturated heterocycles. The van der Waals surface area contributed by atoms with Crippen LogP contribution in [0.2, 0.25) is 0 Å². The Hall–Kier alpha value is -6.48. The summed E-state index contributed by atoms with van der Waals surface area (Å²) in [6.45, 7) is 8.23. The second kappa shape index (κ2) is 15.8. The topological polar surface area (TPSA) is 178 Å². The molecular formula is C47H48N8O7. The molecule has 10 rings (SSSR count). The van der Waals surface area contributed by atoms with Crippen LogP contribution in [0.5, 0.6) is 5.75 Å². The number of hydrogen-bond donors (Lipinski definition) is 2. The highest BCUT2D eigenvalue weighted by atomic mass is 16.5. The highest BCUT2D eigenvalue weighted by Gasteiger charge is 2.44. The molecule has 2 fully saturated rings. The number of nitrogens with one attached hydrogen (secondary N) is 2. The number of imide groups is 1. The fourth-order valence-corrected chi connectivity index (χ4v) is 9.90. The largest absolute Gasteiger partial charge is 0.492 e. The molecule has 8 heterocycles. The van der Waals surface area contributed by atoms with Gasteiger partial charge in [-0.2, -0.15) is 0 Å². The monoisotopic (exact) mass is 836 g/mol. The Morgan fingerprint density at radius 1 is 0.968 bits per heavy atom. The van der Waals surface area contributed by atoms with E-state index in [-0.39, 0.29) is 42.0 Å². The molecular weight excluding hydrogens is 789 g/mol. The Morgan fingerprint density at radius 2 is 1.82 bits per heavy atom. The van der Waals surface area contributed by atoms with Crippen molar-refractivity contribution < 1.29 is 33.4 Å². The van der Waals surface area contributed by atoms with Gasteiger partial charge in [0, 0.05) is 103 Å². The van der Waals surface area contributed by atoms with Gasteiger partial charge in [-0.05, 0) is 61.8 Å². The molecule has 1 unspecified atom stereocenters. The zero-order valence-corrected chi connectivity index (χ0v) is 34.9. The SMILES string of the molecule is CC(=O)N1CCn2c(C3CCOCC3)nc(-c3cccc4cc(-c5ccc(C(=O)NCCC[C@@]6(C)COc7c6ccc6c7CN(C7CCC(=O)NC7=O)C6=O)nc5)ncc34)c2C1. The number of hydrogen-bond acceptors (Lipinski definition) is 10. The van der Waals surface area contributed by atoms with Crippen molar-refractivity contribution in [3.63, 3.8) is 0 Å². The van der Waals surface area contributed by atoms with Crippen molar-refractivity contribution in [3.05, 3.63) is 94.8 Å². The Bertz CT molecular complexity index is 2670. The first-order valence-corrected chi connectivity index (χ1v) is 21.6. The van der Waals surface area contributed by atoms with E-state index in [0.717, 1.165) is 95.0 Å². The number of fused-ring (bicyclic) bond motifs is 5. The van der Waals surface area contributed by atoms with Crippen molar-refractivity contribution in [2.45, 2.75) is 89.4 Å². The Morgan fingerprint density at radius 3 is 2.61 bits per heavy atom. The highest BCUT2D eigenvalue weighted by molar-refractivity contribution is 6.06. The van der Waals surface area contributed by atoms with Crippen molar-refractivity contribution in [3.8, 4) is 28.3 Å². The summed E-state index contributed by atoms with van der Waals surface area (Å²) in [6.07, 6.45) is 7.34. The molecule has 5 aromatic rings. The van der Waals surface area contributed by atoms with Crippen LogP contribution < -0.4 is 15.4 Å². The number of pyridine rings is 2. The van der Waals surface area contributed by atoms with Crippen LogP contribution in [-0.2, 0) is 44.2 Å². The summed E-state index contributed by atoms with van der Waals surface area (Å²) in [5, 5.41) is 7.33. The second-order valence-corrected chi connectivity index (χ2v) is 17.3. The minimum Gasteiger partial charge on any atom is -0.492 e. The highest BCUT2D eigenvalue weighted by Crippen LogP contribution is 2.47. The molecule has 0 radical (unpaired) electrons. The Kier molecular flexibility index (Phi) is 10.1. The summed E-state index contributed by atoms with van der Waals surface area (Å²) >= 11 is 0. The van der Waals surface area contributed by atoms with Crippen LogP contribution in [0.3, 0.4) is 0 Å². The van der Waals surface area contributed by atoms with Gasteiger partial charge in [-0.3, -0.25) is 39.3 Å². The number of imidazole rings is 1. The molecule has 15 nitrogen and oxygen atoms in total. The van der Waals surface area contributed by atoms with E-state index >= 15 is 0 Å². The number of nitrogens with zero attached hydrogens (tertiary/aromatic N) is 6. The van der Waals surface area contributed by atoms with Crippen LogP contribution in [0.15, 0.2) is 60.9 Å². The molecule has 3 aromatic heterocycles. The van der Waals surface area contributed by atoms with Gasteiger partial charge in [-0.15, -0.1) is 0 Å². The van der Waals surface area contributed by atoms with Gasteiger partial charge in [-0.25, -0.2) is 4.98 Å². The zero-order valence-electron chi connectivity index (χ0n) is 34.9. The lowest BCUT2D eigenvalue weighted by atomic mass is 9.79. The van der Waals surface area contributed by atoms with E-state index in [4.69, 9.17) is 19.4 Å². The smallest absolute Gasteiger partial charge is 0.269 e. The molecule has 2 atom stereocenters. The summed E-state index contributed by atoms with van der Waals surface area (Å²) in [5.41, 5.74) is 6.76. The molecule has 5 aliphatic rings. The quantitative estimate of drug-likeness (QED) is 0.151. The normalized spacial score (nSPS) is 21.1. The molecule has 2 N–H and O–H groups in total. The van der Waals surface area contributed by atoms with Gasteiger partial charge in [0.05, 0.1) is 36.8 Å². The average Bonchev–Trinajstić information content (AvgIpc) is 3.95. The number of aromatic nitrogens is 4. The van der Waals surface area contributed by atoms with Crippen molar-refractivity contribution >= 4 is 40.3 Å². The Labute approximate surface area is 358 Å². The molecule has 0 spiro atoms. The van der Waals surface area contributed by atoms with Crippen LogP contribution in [0, 0.1) is 0 Å². The summed E-state index contributed by atoms with van der Waals surface area (Å²) in [7, 11) is 0. The van der Waals surface area contributed by atoms with E-state index in [2.05, 4.69) is 39.2 Å². The molecule has 0 bridgehead atoms. The number of benzene rings is 2. The summed E-state index contributed by atoms with van der Waals surface area (Å²) in [5.74, 6) is 0.888. The standard InChI is InChI=1S/C47H48N8O7/c1-27(56)53-17-18-54-39(25-53)41(52-43(54)28-13-19-61-20-14-28)31-6-3-5-29-21-37(50-23-33(29)31)30-7-10-36(49-22-30)44(58)48-16-4-15-47(2)26-62-42-34-24-55(38-11-12-40(57)51-45(38)59)46(60)32(34)8-9-35(42)47/h3,5-10,21-23,28,38H,4,11-20,24-26H2,1-2H3,(H,48,58)(H,51,57,59)/t38?,47-/m0/s1. The predicted octanol–water partition coefficient (Wildman–Crippen LogP) is 5.04. The number of ether oxygens (including phenoxy) is 2. The maximum absolute atomic E-state index is 13.3. The van der Waals surface area contributed by atoms with Gasteiger partial charge in [0.25, 0.3) is 11.8 Å². The lowest BCUT2D eigenvalue weighted by molar-refractivity contribution is -0.137. The third-order valence-corrected chi connectivity index (χ3v) is 13.4. The summed E-state index contributed by atoms with van der Waals surface area (Å²) in [6, 6.07) is 14.9. The number of rotatable bonds is 9. The molecule has 318 valence electrons. The number of carbonyl (C=O) groups is 5. The first kappa shape index (κ1) is 39.6. The van der Waals surface area contributed by atoms with E-state index in [1.165, 1.54) is 0 Å². The molecule has 2 aromatic carbocycles. The maximum atomic E-state index is 13.3. The average molecular weight is 837 g/mol. The number of amides is 5. The second-order valence-electron chi connectivity index (χ2n) is 17.3. The molecule has 0 aliphatic carbocycles. The minimum absolute atomic E-state index is 0.0572. The van der Waals surface area contributed by atoms with Gasteiger partial charge in [0.15, 0.2) is 0 Å². The number of piperidine rings is 1. The zero-order chi connectivity index (χ0) is 42.7. The molecule has 15 heteroatoms. The van der Waals surface area contributed by atoms with Crippen molar-refractivity contribution in [2.75, 3.05) is 32.9 Å².